The molecule has 164 valence electrons. The van der Waals surface area contributed by atoms with E-state index in [1.54, 1.807) is 12.4 Å². The number of benzene rings is 1. The molecular formula is C20H26N8O2S. The fourth-order valence-corrected chi connectivity index (χ4v) is 4.54. The number of thiol groups is 1. The van der Waals surface area contributed by atoms with Gasteiger partial charge in [0.15, 0.2) is 0 Å². The van der Waals surface area contributed by atoms with Crippen molar-refractivity contribution in [1.82, 2.24) is 25.1 Å². The number of nitrogens with zero attached hydrogens (tertiary/aromatic N) is 5. The van der Waals surface area contributed by atoms with Crippen LogP contribution < -0.4 is 16.4 Å². The van der Waals surface area contributed by atoms with Gasteiger partial charge >= 0.3 is 0 Å². The van der Waals surface area contributed by atoms with Crippen molar-refractivity contribution in [2.75, 3.05) is 43.4 Å². The molecule has 11 heteroatoms. The normalized spacial score (nSPS) is 16.0. The topological polar surface area (TPSA) is 147 Å². The molecule has 4 rings (SSSR count). The Labute approximate surface area is 182 Å². The van der Waals surface area contributed by atoms with Gasteiger partial charge in [-0.1, -0.05) is 24.3 Å². The lowest BCUT2D eigenvalue weighted by Crippen LogP contribution is -2.49. The minimum atomic E-state index is -2.43. The minimum absolute atomic E-state index is 0.0582. The summed E-state index contributed by atoms with van der Waals surface area (Å²) >= 11 is 0. The predicted octanol–water partition coefficient (Wildman–Crippen LogP) is 0.382. The summed E-state index contributed by atoms with van der Waals surface area (Å²) in [6, 6.07) is 7.74. The van der Waals surface area contributed by atoms with Gasteiger partial charge in [-0.05, 0) is 11.1 Å². The predicted molar refractivity (Wildman–Crippen MR) is 120 cm³/mol. The number of anilines is 2. The Balaban J connectivity index is 1.48. The largest absolute Gasteiger partial charge is 0.383 e. The van der Waals surface area contributed by atoms with E-state index in [2.05, 4.69) is 30.0 Å². The van der Waals surface area contributed by atoms with Gasteiger partial charge in [0.25, 0.3) is 0 Å². The number of H-pyrrole nitrogens is 1. The SMILES string of the molecule is NCC(c1ccc(C[SH](=O)=O)cc1)N1CCN(c2ncnc(N)c2-c2cn[nH]c2)CC1. The highest BCUT2D eigenvalue weighted by molar-refractivity contribution is 7.71. The van der Waals surface area contributed by atoms with E-state index >= 15 is 0 Å². The molecule has 1 fully saturated rings. The highest BCUT2D eigenvalue weighted by Gasteiger charge is 2.27. The molecule has 3 aromatic rings. The van der Waals surface area contributed by atoms with Crippen LogP contribution in [-0.2, 0) is 16.5 Å². The van der Waals surface area contributed by atoms with E-state index in [9.17, 15) is 8.42 Å². The zero-order valence-corrected chi connectivity index (χ0v) is 17.9. The van der Waals surface area contributed by atoms with Crippen LogP contribution in [0.15, 0.2) is 43.0 Å². The maximum Gasteiger partial charge on any atom is 0.144 e. The number of hydrogen-bond donors (Lipinski definition) is 4. The Hall–Kier alpha value is -3.02. The number of nitrogen functional groups attached to an aromatic ring is 1. The summed E-state index contributed by atoms with van der Waals surface area (Å²) in [6.45, 7) is 3.64. The van der Waals surface area contributed by atoms with Gasteiger partial charge in [-0.25, -0.2) is 18.4 Å². The third-order valence-electron chi connectivity index (χ3n) is 5.60. The first-order valence-electron chi connectivity index (χ1n) is 10.1. The van der Waals surface area contributed by atoms with Crippen molar-refractivity contribution in [1.29, 1.82) is 0 Å². The van der Waals surface area contributed by atoms with Crippen LogP contribution in [0.5, 0.6) is 0 Å². The summed E-state index contributed by atoms with van der Waals surface area (Å²) in [6.07, 6.45) is 4.98. The molecule has 0 spiro atoms. The van der Waals surface area contributed by atoms with E-state index in [-0.39, 0.29) is 11.8 Å². The molecule has 5 N–H and O–H groups in total. The van der Waals surface area contributed by atoms with Gasteiger partial charge in [0.2, 0.25) is 0 Å². The first-order chi connectivity index (χ1) is 15.1. The molecule has 1 unspecified atom stereocenters. The summed E-state index contributed by atoms with van der Waals surface area (Å²) in [5.74, 6) is 1.28. The highest BCUT2D eigenvalue weighted by atomic mass is 32.2. The van der Waals surface area contributed by atoms with E-state index in [1.807, 2.05) is 24.3 Å². The Morgan fingerprint density at radius 1 is 1.10 bits per heavy atom. The average Bonchev–Trinajstić information content (AvgIpc) is 3.30. The Morgan fingerprint density at radius 2 is 1.84 bits per heavy atom. The smallest absolute Gasteiger partial charge is 0.144 e. The molecule has 0 bridgehead atoms. The van der Waals surface area contributed by atoms with E-state index in [0.717, 1.165) is 54.3 Å². The number of hydrogen-bond acceptors (Lipinski definition) is 9. The van der Waals surface area contributed by atoms with Crippen molar-refractivity contribution in [3.05, 3.63) is 54.1 Å². The van der Waals surface area contributed by atoms with Crippen molar-refractivity contribution in [3.8, 4) is 11.1 Å². The third kappa shape index (κ3) is 4.68. The van der Waals surface area contributed by atoms with Crippen LogP contribution in [-0.4, -0.2) is 66.2 Å². The van der Waals surface area contributed by atoms with Crippen LogP contribution in [0.3, 0.4) is 0 Å². The Morgan fingerprint density at radius 3 is 2.45 bits per heavy atom. The molecule has 1 aromatic carbocycles. The number of piperazine rings is 1. The second-order valence-electron chi connectivity index (χ2n) is 7.45. The molecule has 10 nitrogen and oxygen atoms in total. The van der Waals surface area contributed by atoms with Crippen molar-refractivity contribution in [2.24, 2.45) is 5.73 Å². The number of rotatable bonds is 7. The lowest BCUT2D eigenvalue weighted by Gasteiger charge is -2.40. The van der Waals surface area contributed by atoms with Crippen molar-refractivity contribution < 1.29 is 8.42 Å². The molecule has 0 aliphatic carbocycles. The molecule has 0 amide bonds. The lowest BCUT2D eigenvalue weighted by atomic mass is 10.0. The van der Waals surface area contributed by atoms with Crippen LogP contribution in [0.25, 0.3) is 11.1 Å². The van der Waals surface area contributed by atoms with Crippen LogP contribution in [0.4, 0.5) is 11.6 Å². The monoisotopic (exact) mass is 442 g/mol. The Bertz CT molecular complexity index is 1070. The molecule has 0 radical (unpaired) electrons. The van der Waals surface area contributed by atoms with Crippen molar-refractivity contribution in [3.63, 3.8) is 0 Å². The fraction of sp³-hybridized carbons (Fsp3) is 0.350. The van der Waals surface area contributed by atoms with Gasteiger partial charge in [-0.3, -0.25) is 10.00 Å². The van der Waals surface area contributed by atoms with Gasteiger partial charge in [0.1, 0.15) is 28.7 Å². The van der Waals surface area contributed by atoms with Crippen molar-refractivity contribution in [2.45, 2.75) is 11.8 Å². The second-order valence-corrected chi connectivity index (χ2v) is 8.43. The summed E-state index contributed by atoms with van der Waals surface area (Å²) in [5.41, 5.74) is 15.8. The molecule has 1 saturated heterocycles. The molecule has 3 heterocycles. The quantitative estimate of drug-likeness (QED) is 0.381. The highest BCUT2D eigenvalue weighted by Crippen LogP contribution is 2.33. The average molecular weight is 443 g/mol. The van der Waals surface area contributed by atoms with Crippen LogP contribution in [0.1, 0.15) is 17.2 Å². The molecule has 1 aliphatic heterocycles. The number of nitrogens with two attached hydrogens (primary N) is 2. The second kappa shape index (κ2) is 9.41. The van der Waals surface area contributed by atoms with Crippen LogP contribution >= 0.6 is 0 Å². The number of aromatic amines is 1. The van der Waals surface area contributed by atoms with E-state index in [4.69, 9.17) is 11.5 Å². The van der Waals surface area contributed by atoms with E-state index in [0.29, 0.717) is 12.4 Å². The van der Waals surface area contributed by atoms with Gasteiger partial charge in [-0.15, -0.1) is 0 Å². The van der Waals surface area contributed by atoms with Gasteiger partial charge in [0, 0.05) is 50.5 Å². The molecule has 1 atom stereocenters. The summed E-state index contributed by atoms with van der Waals surface area (Å²) in [5, 5.41) is 6.83. The Kier molecular flexibility index (Phi) is 6.44. The van der Waals surface area contributed by atoms with Crippen LogP contribution in [0, 0.1) is 0 Å². The first kappa shape index (κ1) is 21.2. The zero-order chi connectivity index (χ0) is 21.8. The summed E-state index contributed by atoms with van der Waals surface area (Å²) in [4.78, 5) is 13.2. The number of aromatic nitrogens is 4. The molecule has 0 saturated carbocycles. The van der Waals surface area contributed by atoms with Crippen molar-refractivity contribution >= 4 is 22.3 Å². The standard InChI is InChI=1S/C20H26N8O2S/c21-9-17(15-3-1-14(2-4-15)12-31(29)30)27-5-7-28(8-6-27)20-18(16-10-25-26-11-16)19(22)23-13-24-20/h1-4,10-11,13,17,31H,5-9,12,21H2,(H,25,26)(H2,22,23,24). The van der Waals surface area contributed by atoms with Gasteiger partial charge < -0.3 is 16.4 Å². The van der Waals surface area contributed by atoms with Gasteiger partial charge in [0.05, 0.1) is 17.5 Å². The van der Waals surface area contributed by atoms with Gasteiger partial charge in [-0.2, -0.15) is 5.10 Å². The summed E-state index contributed by atoms with van der Waals surface area (Å²) in [7, 11) is -2.43. The molecule has 31 heavy (non-hydrogen) atoms. The molecule has 2 aromatic heterocycles. The zero-order valence-electron chi connectivity index (χ0n) is 17.0. The van der Waals surface area contributed by atoms with E-state index < -0.39 is 10.7 Å². The lowest BCUT2D eigenvalue weighted by molar-refractivity contribution is 0.190. The molecule has 1 aliphatic rings. The minimum Gasteiger partial charge on any atom is -0.383 e. The maximum atomic E-state index is 10.9. The maximum absolute atomic E-state index is 10.9. The summed E-state index contributed by atoms with van der Waals surface area (Å²) < 4.78 is 21.9. The van der Waals surface area contributed by atoms with E-state index in [1.165, 1.54) is 6.33 Å². The fourth-order valence-electron chi connectivity index (χ4n) is 4.03. The first-order valence-corrected chi connectivity index (χ1v) is 11.4. The van der Waals surface area contributed by atoms with Crippen LogP contribution in [0.2, 0.25) is 0 Å². The molecular weight excluding hydrogens is 416 g/mol. The number of nitrogens with one attached hydrogen (secondary N) is 1. The third-order valence-corrected chi connectivity index (χ3v) is 6.22.